The summed E-state index contributed by atoms with van der Waals surface area (Å²) in [6.07, 6.45) is 1.22. The standard InChI is InChI=1S/C9H5N3O6/c13-4-18-8-3-10-9-6(8)1-5(11(14)15)2-7(9)12(16)17/h1-4,10H. The lowest BCUT2D eigenvalue weighted by atomic mass is 10.2. The van der Waals surface area contributed by atoms with Gasteiger partial charge in [-0.1, -0.05) is 0 Å². The first-order chi connectivity index (χ1) is 8.54. The lowest BCUT2D eigenvalue weighted by molar-refractivity contribution is -0.393. The second kappa shape index (κ2) is 4.13. The molecule has 0 amide bonds. The Kier molecular flexibility index (Phi) is 2.64. The number of ether oxygens (including phenoxy) is 1. The van der Waals surface area contributed by atoms with E-state index in [4.69, 9.17) is 0 Å². The fourth-order valence-electron chi connectivity index (χ4n) is 1.57. The number of fused-ring (bicyclic) bond motifs is 1. The Labute approximate surface area is 98.3 Å². The molecule has 9 heteroatoms. The summed E-state index contributed by atoms with van der Waals surface area (Å²) in [5, 5.41) is 21.6. The summed E-state index contributed by atoms with van der Waals surface area (Å²) >= 11 is 0. The molecule has 18 heavy (non-hydrogen) atoms. The summed E-state index contributed by atoms with van der Waals surface area (Å²) in [5.41, 5.74) is -0.855. The summed E-state index contributed by atoms with van der Waals surface area (Å²) in [6.45, 7) is 0.132. The van der Waals surface area contributed by atoms with E-state index in [9.17, 15) is 25.0 Å². The maximum absolute atomic E-state index is 10.8. The molecule has 0 unspecified atom stereocenters. The molecule has 1 aromatic heterocycles. The minimum atomic E-state index is -0.760. The number of carbonyl (C=O) groups is 1. The van der Waals surface area contributed by atoms with Crippen LogP contribution in [0.3, 0.4) is 0 Å². The maximum atomic E-state index is 10.8. The number of carbonyl (C=O) groups excluding carboxylic acids is 1. The number of nitro groups is 2. The summed E-state index contributed by atoms with van der Waals surface area (Å²) < 4.78 is 4.57. The van der Waals surface area contributed by atoms with Crippen molar-refractivity contribution in [1.29, 1.82) is 0 Å². The van der Waals surface area contributed by atoms with Crippen molar-refractivity contribution in [3.05, 3.63) is 38.6 Å². The van der Waals surface area contributed by atoms with Gasteiger partial charge < -0.3 is 9.72 Å². The van der Waals surface area contributed by atoms with Crippen LogP contribution >= 0.6 is 0 Å². The van der Waals surface area contributed by atoms with Gasteiger partial charge in [0.2, 0.25) is 0 Å². The van der Waals surface area contributed by atoms with Crippen LogP contribution in [0.25, 0.3) is 10.9 Å². The molecular formula is C9H5N3O6. The molecule has 0 fully saturated rings. The first-order valence-electron chi connectivity index (χ1n) is 4.59. The number of H-pyrrole nitrogens is 1. The highest BCUT2D eigenvalue weighted by Gasteiger charge is 2.22. The number of rotatable bonds is 4. The lowest BCUT2D eigenvalue weighted by Crippen LogP contribution is -1.94. The average molecular weight is 251 g/mol. The van der Waals surface area contributed by atoms with Crippen LogP contribution in [0.4, 0.5) is 11.4 Å². The van der Waals surface area contributed by atoms with Gasteiger partial charge in [-0.2, -0.15) is 0 Å². The Hall–Kier alpha value is -2.97. The van der Waals surface area contributed by atoms with E-state index < -0.39 is 21.2 Å². The second-order valence-electron chi connectivity index (χ2n) is 3.27. The largest absolute Gasteiger partial charge is 0.426 e. The monoisotopic (exact) mass is 251 g/mol. The zero-order chi connectivity index (χ0) is 13.3. The summed E-state index contributed by atoms with van der Waals surface area (Å²) in [5.74, 6) is -0.00759. The highest BCUT2D eigenvalue weighted by atomic mass is 16.6. The van der Waals surface area contributed by atoms with Crippen LogP contribution in [0.15, 0.2) is 18.3 Å². The second-order valence-corrected chi connectivity index (χ2v) is 3.27. The number of aromatic amines is 1. The van der Waals surface area contributed by atoms with E-state index >= 15 is 0 Å². The number of hydrogen-bond acceptors (Lipinski definition) is 6. The van der Waals surface area contributed by atoms with Crippen LogP contribution in [-0.4, -0.2) is 21.3 Å². The molecule has 0 aliphatic rings. The molecule has 2 aromatic rings. The highest BCUT2D eigenvalue weighted by molar-refractivity contribution is 5.95. The van der Waals surface area contributed by atoms with Crippen molar-refractivity contribution in [3.8, 4) is 5.75 Å². The molecule has 92 valence electrons. The fraction of sp³-hybridized carbons (Fsp3) is 0. The Balaban J connectivity index is 2.78. The van der Waals surface area contributed by atoms with Gasteiger partial charge in [0.15, 0.2) is 5.75 Å². The number of benzene rings is 1. The Bertz CT molecular complexity index is 662. The molecule has 0 saturated heterocycles. The van der Waals surface area contributed by atoms with Crippen molar-refractivity contribution in [1.82, 2.24) is 4.98 Å². The van der Waals surface area contributed by atoms with Crippen molar-refractivity contribution >= 4 is 28.7 Å². The first-order valence-corrected chi connectivity index (χ1v) is 4.59. The quantitative estimate of drug-likeness (QED) is 0.498. The van der Waals surface area contributed by atoms with Crippen LogP contribution in [-0.2, 0) is 4.79 Å². The molecule has 1 heterocycles. The molecule has 0 spiro atoms. The van der Waals surface area contributed by atoms with Crippen LogP contribution < -0.4 is 4.74 Å². The summed E-state index contributed by atoms with van der Waals surface area (Å²) in [6, 6.07) is 1.93. The topological polar surface area (TPSA) is 128 Å². The van der Waals surface area contributed by atoms with Gasteiger partial charge >= 0.3 is 0 Å². The third kappa shape index (κ3) is 1.73. The normalized spacial score (nSPS) is 10.2. The first kappa shape index (κ1) is 11.5. The summed E-state index contributed by atoms with van der Waals surface area (Å²) in [7, 11) is 0. The maximum Gasteiger partial charge on any atom is 0.300 e. The number of nitro benzene ring substituents is 2. The van der Waals surface area contributed by atoms with Crippen LogP contribution in [0.2, 0.25) is 0 Å². The zero-order valence-electron chi connectivity index (χ0n) is 8.65. The lowest BCUT2D eigenvalue weighted by Gasteiger charge is -1.97. The van der Waals surface area contributed by atoms with E-state index in [0.717, 1.165) is 12.1 Å². The van der Waals surface area contributed by atoms with Gasteiger partial charge in [-0.15, -0.1) is 0 Å². The average Bonchev–Trinajstić information content (AvgIpc) is 2.71. The molecule has 0 aliphatic carbocycles. The molecule has 0 radical (unpaired) electrons. The highest BCUT2D eigenvalue weighted by Crippen LogP contribution is 2.35. The molecule has 0 saturated carbocycles. The molecular weight excluding hydrogens is 246 g/mol. The van der Waals surface area contributed by atoms with Gasteiger partial charge in [0.05, 0.1) is 21.3 Å². The van der Waals surface area contributed by atoms with E-state index in [1.54, 1.807) is 0 Å². The molecule has 2 rings (SSSR count). The van der Waals surface area contributed by atoms with E-state index in [0.29, 0.717) is 0 Å². The van der Waals surface area contributed by atoms with Gasteiger partial charge in [0.1, 0.15) is 5.52 Å². The molecule has 9 nitrogen and oxygen atoms in total. The Morgan fingerprint density at radius 1 is 1.22 bits per heavy atom. The van der Waals surface area contributed by atoms with Gasteiger partial charge in [-0.25, -0.2) is 0 Å². The number of hydrogen-bond donors (Lipinski definition) is 1. The predicted octanol–water partition coefficient (Wildman–Crippen LogP) is 1.52. The zero-order valence-corrected chi connectivity index (χ0v) is 8.65. The molecule has 1 aromatic carbocycles. The van der Waals surface area contributed by atoms with E-state index in [1.807, 2.05) is 0 Å². The van der Waals surface area contributed by atoms with Gasteiger partial charge in [0.25, 0.3) is 17.8 Å². The Morgan fingerprint density at radius 2 is 1.94 bits per heavy atom. The minimum absolute atomic E-state index is 0.00759. The molecule has 1 N–H and O–H groups in total. The van der Waals surface area contributed by atoms with Crippen molar-refractivity contribution < 1.29 is 19.4 Å². The van der Waals surface area contributed by atoms with Crippen LogP contribution in [0, 0.1) is 20.2 Å². The number of non-ortho nitro benzene ring substituents is 2. The van der Waals surface area contributed by atoms with Crippen molar-refractivity contribution in [2.45, 2.75) is 0 Å². The van der Waals surface area contributed by atoms with Crippen molar-refractivity contribution in [2.24, 2.45) is 0 Å². The van der Waals surface area contributed by atoms with Gasteiger partial charge in [0, 0.05) is 12.3 Å². The number of nitrogens with zero attached hydrogens (tertiary/aromatic N) is 2. The van der Waals surface area contributed by atoms with Gasteiger partial charge in [-0.05, 0) is 0 Å². The van der Waals surface area contributed by atoms with Crippen molar-refractivity contribution in [2.75, 3.05) is 0 Å². The van der Waals surface area contributed by atoms with E-state index in [-0.39, 0.29) is 23.1 Å². The number of nitrogens with one attached hydrogen (secondary N) is 1. The van der Waals surface area contributed by atoms with Gasteiger partial charge in [-0.3, -0.25) is 25.0 Å². The van der Waals surface area contributed by atoms with Crippen molar-refractivity contribution in [3.63, 3.8) is 0 Å². The van der Waals surface area contributed by atoms with Crippen LogP contribution in [0.1, 0.15) is 0 Å². The number of aromatic nitrogens is 1. The third-order valence-electron chi connectivity index (χ3n) is 2.30. The molecule has 0 aliphatic heterocycles. The minimum Gasteiger partial charge on any atom is -0.426 e. The third-order valence-corrected chi connectivity index (χ3v) is 2.30. The van der Waals surface area contributed by atoms with Crippen LogP contribution in [0.5, 0.6) is 5.75 Å². The SMILES string of the molecule is O=COc1c[nH]c2c([N+](=O)[O-])cc([N+](=O)[O-])cc12. The predicted molar refractivity (Wildman–Crippen MR) is 58.3 cm³/mol. The molecule has 0 bridgehead atoms. The summed E-state index contributed by atoms with van der Waals surface area (Å²) in [4.78, 5) is 32.8. The Morgan fingerprint density at radius 3 is 2.50 bits per heavy atom. The smallest absolute Gasteiger partial charge is 0.300 e. The fourth-order valence-corrected chi connectivity index (χ4v) is 1.57. The molecule has 0 atom stereocenters. The van der Waals surface area contributed by atoms with E-state index in [2.05, 4.69) is 9.72 Å². The van der Waals surface area contributed by atoms with E-state index in [1.165, 1.54) is 6.20 Å².